The minimum absolute atomic E-state index is 0. The van der Waals surface area contributed by atoms with Gasteiger partial charge in [0.05, 0.1) is 6.54 Å². The Balaban J connectivity index is 0.00000300. The zero-order valence-electron chi connectivity index (χ0n) is 17.6. The molecule has 1 saturated heterocycles. The molecule has 0 aliphatic carbocycles. The molecule has 1 aliphatic rings. The number of aryl methyl sites for hydroxylation is 1. The van der Waals surface area contributed by atoms with Gasteiger partial charge >= 0.3 is 0 Å². The first-order valence-corrected chi connectivity index (χ1v) is 11.0. The lowest BCUT2D eigenvalue weighted by Gasteiger charge is -2.33. The van der Waals surface area contributed by atoms with Crippen LogP contribution in [0.3, 0.4) is 0 Å². The van der Waals surface area contributed by atoms with Gasteiger partial charge in [-0.1, -0.05) is 18.2 Å². The van der Waals surface area contributed by atoms with Gasteiger partial charge in [-0.25, -0.2) is 0 Å². The van der Waals surface area contributed by atoms with Crippen molar-refractivity contribution in [2.24, 2.45) is 4.99 Å². The fourth-order valence-corrected chi connectivity index (χ4v) is 4.11. The van der Waals surface area contributed by atoms with Gasteiger partial charge in [0, 0.05) is 32.7 Å². The highest BCUT2D eigenvalue weighted by molar-refractivity contribution is 14.0. The average molecular weight is 529 g/mol. The summed E-state index contributed by atoms with van der Waals surface area (Å²) in [4.78, 5) is 6.92. The van der Waals surface area contributed by atoms with Crippen LogP contribution in [0.1, 0.15) is 30.9 Å². The van der Waals surface area contributed by atoms with Crippen molar-refractivity contribution in [2.75, 3.05) is 26.7 Å². The second kappa shape index (κ2) is 12.4. The number of likely N-dealkylation sites (tertiary alicyclic amines) is 1. The Morgan fingerprint density at radius 2 is 2.03 bits per heavy atom. The number of rotatable bonds is 7. The maximum Gasteiger partial charge on any atom is 0.191 e. The molecule has 2 N–H and O–H groups in total. The van der Waals surface area contributed by atoms with Gasteiger partial charge in [0.1, 0.15) is 11.9 Å². The van der Waals surface area contributed by atoms with Crippen molar-refractivity contribution in [1.29, 1.82) is 0 Å². The summed E-state index contributed by atoms with van der Waals surface area (Å²) in [5.41, 5.74) is 2.59. The summed E-state index contributed by atoms with van der Waals surface area (Å²) >= 11 is 1.78. The van der Waals surface area contributed by atoms with Crippen LogP contribution in [0.5, 0.6) is 5.75 Å². The first kappa shape index (κ1) is 24.0. The highest BCUT2D eigenvalue weighted by Gasteiger charge is 2.20. The summed E-state index contributed by atoms with van der Waals surface area (Å²) in [6.07, 6.45) is 2.34. The smallest absolute Gasteiger partial charge is 0.191 e. The highest BCUT2D eigenvalue weighted by Crippen LogP contribution is 2.18. The molecule has 1 unspecified atom stereocenters. The van der Waals surface area contributed by atoms with Crippen molar-refractivity contribution in [3.05, 3.63) is 52.2 Å². The number of para-hydroxylation sites is 1. The summed E-state index contributed by atoms with van der Waals surface area (Å²) in [5.74, 6) is 1.80. The Morgan fingerprint density at radius 1 is 1.28 bits per heavy atom. The maximum atomic E-state index is 6.04. The van der Waals surface area contributed by atoms with Crippen LogP contribution in [-0.4, -0.2) is 49.7 Å². The minimum Gasteiger partial charge on any atom is -0.489 e. The quantitative estimate of drug-likeness (QED) is 0.320. The van der Waals surface area contributed by atoms with Crippen molar-refractivity contribution in [2.45, 2.75) is 45.4 Å². The van der Waals surface area contributed by atoms with Crippen LogP contribution in [0.4, 0.5) is 0 Å². The van der Waals surface area contributed by atoms with E-state index in [0.29, 0.717) is 12.6 Å². The molecule has 3 rings (SSSR count). The van der Waals surface area contributed by atoms with Crippen molar-refractivity contribution in [1.82, 2.24) is 15.5 Å². The number of benzene rings is 1. The fraction of sp³-hybridized carbons (Fsp3) is 0.500. The van der Waals surface area contributed by atoms with Crippen molar-refractivity contribution < 1.29 is 4.74 Å². The largest absolute Gasteiger partial charge is 0.489 e. The molecule has 160 valence electrons. The van der Waals surface area contributed by atoms with Crippen molar-refractivity contribution in [3.8, 4) is 5.75 Å². The number of ether oxygens (including phenoxy) is 1. The summed E-state index contributed by atoms with van der Waals surface area (Å²) in [6.45, 7) is 8.17. The number of aliphatic imine (C=N–C) groups is 1. The Bertz CT molecular complexity index is 745. The topological polar surface area (TPSA) is 48.9 Å². The lowest BCUT2D eigenvalue weighted by atomic mass is 10.0. The Hall–Kier alpha value is -1.32. The number of halogens is 1. The second-order valence-electron chi connectivity index (χ2n) is 7.47. The van der Waals surface area contributed by atoms with E-state index in [0.717, 1.165) is 49.7 Å². The van der Waals surface area contributed by atoms with Crippen LogP contribution in [0, 0.1) is 6.92 Å². The van der Waals surface area contributed by atoms with Crippen LogP contribution in [0.25, 0.3) is 0 Å². The summed E-state index contributed by atoms with van der Waals surface area (Å²) < 4.78 is 6.04. The van der Waals surface area contributed by atoms with Crippen molar-refractivity contribution >= 4 is 41.3 Å². The predicted octanol–water partition coefficient (Wildman–Crippen LogP) is 4.27. The van der Waals surface area contributed by atoms with E-state index in [1.165, 1.54) is 5.56 Å². The number of nitrogens with zero attached hydrogens (tertiary/aromatic N) is 2. The van der Waals surface area contributed by atoms with E-state index in [1.54, 1.807) is 11.3 Å². The van der Waals surface area contributed by atoms with E-state index in [2.05, 4.69) is 57.3 Å². The molecule has 0 radical (unpaired) electrons. The zero-order chi connectivity index (χ0) is 19.8. The van der Waals surface area contributed by atoms with Gasteiger partial charge < -0.3 is 15.4 Å². The predicted molar refractivity (Wildman–Crippen MR) is 134 cm³/mol. The second-order valence-corrected chi connectivity index (χ2v) is 8.25. The molecule has 5 nitrogen and oxygen atoms in total. The number of hydrogen-bond acceptors (Lipinski definition) is 4. The Morgan fingerprint density at radius 3 is 2.69 bits per heavy atom. The average Bonchev–Trinajstić information content (AvgIpc) is 3.21. The van der Waals surface area contributed by atoms with Gasteiger partial charge in [-0.15, -0.1) is 24.0 Å². The first-order valence-electron chi connectivity index (χ1n) is 10.1. The van der Waals surface area contributed by atoms with E-state index >= 15 is 0 Å². The molecular weight excluding hydrogens is 495 g/mol. The zero-order valence-corrected chi connectivity index (χ0v) is 20.7. The van der Waals surface area contributed by atoms with E-state index in [-0.39, 0.29) is 30.1 Å². The molecule has 7 heteroatoms. The third kappa shape index (κ3) is 7.79. The van der Waals surface area contributed by atoms with Crippen LogP contribution >= 0.6 is 35.3 Å². The van der Waals surface area contributed by atoms with Gasteiger partial charge in [-0.2, -0.15) is 11.3 Å². The molecule has 0 saturated carbocycles. The third-order valence-electron chi connectivity index (χ3n) is 5.12. The Kier molecular flexibility index (Phi) is 10.2. The first-order chi connectivity index (χ1) is 13.6. The molecule has 0 bridgehead atoms. The Labute approximate surface area is 196 Å². The summed E-state index contributed by atoms with van der Waals surface area (Å²) in [5, 5.41) is 11.4. The van der Waals surface area contributed by atoms with E-state index < -0.39 is 0 Å². The molecule has 1 aromatic carbocycles. The van der Waals surface area contributed by atoms with E-state index in [9.17, 15) is 0 Å². The molecule has 2 heterocycles. The lowest BCUT2D eigenvalue weighted by Crippen LogP contribution is -2.49. The number of nitrogens with one attached hydrogen (secondary N) is 2. The fourth-order valence-electron chi connectivity index (χ4n) is 3.45. The minimum atomic E-state index is 0. The molecule has 0 amide bonds. The molecule has 1 aromatic heterocycles. The number of thiophene rings is 1. The highest BCUT2D eigenvalue weighted by atomic mass is 127. The van der Waals surface area contributed by atoms with Gasteiger partial charge in [0.25, 0.3) is 0 Å². The molecule has 29 heavy (non-hydrogen) atoms. The summed E-state index contributed by atoms with van der Waals surface area (Å²) in [7, 11) is 1.83. The number of piperidine rings is 1. The normalized spacial score (nSPS) is 16.7. The molecule has 1 fully saturated rings. The van der Waals surface area contributed by atoms with Crippen LogP contribution in [0.15, 0.2) is 46.1 Å². The maximum absolute atomic E-state index is 6.04. The number of hydrogen-bond donors (Lipinski definition) is 2. The van der Waals surface area contributed by atoms with E-state index in [4.69, 9.17) is 4.74 Å². The van der Waals surface area contributed by atoms with Crippen LogP contribution in [-0.2, 0) is 6.54 Å². The van der Waals surface area contributed by atoms with Crippen LogP contribution < -0.4 is 15.4 Å². The standard InChI is InChI=1S/C22H32N4OS.HI/c1-17-6-4-5-7-21(17)27-18(2)14-24-22(23-3)25-20-8-11-26(12-9-20)15-19-10-13-28-16-19;/h4-7,10,13,16,18,20H,8-9,11-12,14-15H2,1-3H3,(H2,23,24,25);1H. The SMILES string of the molecule is CN=C(NCC(C)Oc1ccccc1C)NC1CCN(Cc2ccsc2)CC1.I. The lowest BCUT2D eigenvalue weighted by molar-refractivity contribution is 0.197. The molecular formula is C22H33IN4OS. The molecule has 1 atom stereocenters. The third-order valence-corrected chi connectivity index (χ3v) is 5.85. The van der Waals surface area contributed by atoms with Gasteiger partial charge in [-0.3, -0.25) is 9.89 Å². The monoisotopic (exact) mass is 528 g/mol. The van der Waals surface area contributed by atoms with Crippen LogP contribution in [0.2, 0.25) is 0 Å². The van der Waals surface area contributed by atoms with Gasteiger partial charge in [0.15, 0.2) is 5.96 Å². The molecule has 1 aliphatic heterocycles. The molecule has 0 spiro atoms. The van der Waals surface area contributed by atoms with Crippen molar-refractivity contribution in [3.63, 3.8) is 0 Å². The van der Waals surface area contributed by atoms with Gasteiger partial charge in [-0.05, 0) is 60.7 Å². The van der Waals surface area contributed by atoms with Gasteiger partial charge in [0.2, 0.25) is 0 Å². The summed E-state index contributed by atoms with van der Waals surface area (Å²) in [6, 6.07) is 10.8. The van der Waals surface area contributed by atoms with E-state index in [1.807, 2.05) is 25.2 Å². The number of guanidine groups is 1. The molecule has 2 aromatic rings.